The maximum atomic E-state index is 2.42. The van der Waals surface area contributed by atoms with Crippen molar-refractivity contribution in [1.29, 1.82) is 0 Å². The Morgan fingerprint density at radius 3 is 1.45 bits per heavy atom. The van der Waals surface area contributed by atoms with Gasteiger partial charge in [-0.1, -0.05) is 182 Å². The van der Waals surface area contributed by atoms with E-state index in [0.717, 1.165) is 28.3 Å². The molecule has 0 saturated heterocycles. The van der Waals surface area contributed by atoms with Crippen LogP contribution in [0.3, 0.4) is 0 Å². The van der Waals surface area contributed by atoms with Gasteiger partial charge in [-0.25, -0.2) is 0 Å². The molecule has 2 heteroatoms. The molecule has 1 aromatic heterocycles. The molecule has 10 aromatic carbocycles. The Bertz CT molecular complexity index is 3250. The fourth-order valence-corrected chi connectivity index (χ4v) is 8.81. The molecule has 0 aliphatic rings. The molecule has 0 unspecified atom stereocenters. The Labute approximate surface area is 350 Å². The predicted molar refractivity (Wildman–Crippen MR) is 255 cm³/mol. The van der Waals surface area contributed by atoms with E-state index in [9.17, 15) is 0 Å². The number of fused-ring (bicyclic) bond motifs is 4. The van der Waals surface area contributed by atoms with Crippen molar-refractivity contribution < 1.29 is 0 Å². The topological polar surface area (TPSA) is 8.17 Å². The fourth-order valence-electron chi connectivity index (χ4n) is 8.81. The van der Waals surface area contributed by atoms with Crippen LogP contribution in [0.5, 0.6) is 0 Å². The van der Waals surface area contributed by atoms with Crippen molar-refractivity contribution in [2.45, 2.75) is 0 Å². The van der Waals surface area contributed by atoms with Crippen LogP contribution in [0, 0.1) is 0 Å². The van der Waals surface area contributed by atoms with Crippen LogP contribution < -0.4 is 4.90 Å². The predicted octanol–water partition coefficient (Wildman–Crippen LogP) is 16.1. The van der Waals surface area contributed by atoms with E-state index in [1.807, 2.05) is 0 Å². The monoisotopic (exact) mass is 764 g/mol. The van der Waals surface area contributed by atoms with E-state index in [4.69, 9.17) is 0 Å². The highest BCUT2D eigenvalue weighted by Crippen LogP contribution is 2.43. The van der Waals surface area contributed by atoms with E-state index in [-0.39, 0.29) is 0 Å². The zero-order valence-electron chi connectivity index (χ0n) is 33.0. The number of nitrogens with zero attached hydrogens (tertiary/aromatic N) is 2. The summed E-state index contributed by atoms with van der Waals surface area (Å²) in [6.45, 7) is 0. The van der Waals surface area contributed by atoms with Gasteiger partial charge in [0.25, 0.3) is 0 Å². The van der Waals surface area contributed by atoms with Gasteiger partial charge in [-0.3, -0.25) is 0 Å². The summed E-state index contributed by atoms with van der Waals surface area (Å²) in [4.78, 5) is 2.41. The molecule has 2 nitrogen and oxygen atoms in total. The lowest BCUT2D eigenvalue weighted by Crippen LogP contribution is -2.13. The minimum atomic E-state index is 1.08. The zero-order chi connectivity index (χ0) is 39.8. The second kappa shape index (κ2) is 15.1. The molecule has 0 fully saturated rings. The third-order valence-corrected chi connectivity index (χ3v) is 11.8. The Morgan fingerprint density at radius 1 is 0.267 bits per heavy atom. The molecule has 0 spiro atoms. The number of rotatable bonds is 8. The van der Waals surface area contributed by atoms with Crippen LogP contribution in [0.2, 0.25) is 0 Å². The lowest BCUT2D eigenvalue weighted by molar-refractivity contribution is 1.15. The maximum absolute atomic E-state index is 2.42. The average Bonchev–Trinajstić information content (AvgIpc) is 3.66. The minimum absolute atomic E-state index is 1.08. The van der Waals surface area contributed by atoms with Crippen molar-refractivity contribution in [3.8, 4) is 50.2 Å². The average molecular weight is 765 g/mol. The Balaban J connectivity index is 1.03. The summed E-state index contributed by atoms with van der Waals surface area (Å²) in [6.07, 6.45) is 0. The summed E-state index contributed by atoms with van der Waals surface area (Å²) in [5.74, 6) is 0. The highest BCUT2D eigenvalue weighted by atomic mass is 15.2. The molecule has 0 aliphatic heterocycles. The van der Waals surface area contributed by atoms with Crippen molar-refractivity contribution in [2.24, 2.45) is 0 Å². The van der Waals surface area contributed by atoms with Gasteiger partial charge in [-0.15, -0.1) is 0 Å². The van der Waals surface area contributed by atoms with Crippen molar-refractivity contribution in [3.63, 3.8) is 0 Å². The molecule has 0 atom stereocenters. The van der Waals surface area contributed by atoms with Gasteiger partial charge in [0.05, 0.1) is 22.4 Å². The molecule has 0 saturated carbocycles. The van der Waals surface area contributed by atoms with Crippen molar-refractivity contribution >= 4 is 49.6 Å². The van der Waals surface area contributed by atoms with Gasteiger partial charge in [-0.05, 0) is 116 Å². The summed E-state index contributed by atoms with van der Waals surface area (Å²) in [5, 5.41) is 4.99. The quantitative estimate of drug-likeness (QED) is 0.150. The van der Waals surface area contributed by atoms with Gasteiger partial charge in [0.15, 0.2) is 0 Å². The number of hydrogen-bond donors (Lipinski definition) is 0. The first-order valence-corrected chi connectivity index (χ1v) is 20.6. The summed E-state index contributed by atoms with van der Waals surface area (Å²) >= 11 is 0. The molecule has 11 aromatic rings. The zero-order valence-corrected chi connectivity index (χ0v) is 33.0. The smallest absolute Gasteiger partial charge is 0.0702 e. The van der Waals surface area contributed by atoms with E-state index < -0.39 is 0 Å². The van der Waals surface area contributed by atoms with Crippen LogP contribution in [0.25, 0.3) is 82.8 Å². The fraction of sp³-hybridized carbons (Fsp3) is 0. The van der Waals surface area contributed by atoms with Gasteiger partial charge in [-0.2, -0.15) is 0 Å². The van der Waals surface area contributed by atoms with E-state index in [1.54, 1.807) is 0 Å². The standard InChI is InChI=1S/C58H40N2/c1-2-14-41(15-3-1)43-28-30-44(31-29-43)49-20-13-21-52(40-49)59(57-26-10-11-27-58(57)60-55-24-8-6-22-53(55)54-23-7-9-25-56(54)60)51-36-34-45(35-37-51)47-18-12-19-48(38-47)50-33-32-42-16-4-5-17-46(42)39-50/h1-40H. The Morgan fingerprint density at radius 2 is 0.733 bits per heavy atom. The third-order valence-electron chi connectivity index (χ3n) is 11.8. The highest BCUT2D eigenvalue weighted by Gasteiger charge is 2.21. The van der Waals surface area contributed by atoms with Crippen LogP contribution in [0.1, 0.15) is 0 Å². The number of anilines is 3. The molecule has 60 heavy (non-hydrogen) atoms. The van der Waals surface area contributed by atoms with E-state index in [0.29, 0.717) is 0 Å². The van der Waals surface area contributed by atoms with Crippen LogP contribution in [0.4, 0.5) is 17.1 Å². The highest BCUT2D eigenvalue weighted by molar-refractivity contribution is 6.10. The first-order valence-electron chi connectivity index (χ1n) is 20.6. The van der Waals surface area contributed by atoms with Crippen molar-refractivity contribution in [3.05, 3.63) is 243 Å². The van der Waals surface area contributed by atoms with Crippen molar-refractivity contribution in [1.82, 2.24) is 4.57 Å². The van der Waals surface area contributed by atoms with Gasteiger partial charge in [0.2, 0.25) is 0 Å². The molecule has 0 bridgehead atoms. The number of aromatic nitrogens is 1. The Kier molecular flexibility index (Phi) is 8.87. The summed E-state index contributed by atoms with van der Waals surface area (Å²) in [5.41, 5.74) is 16.3. The van der Waals surface area contributed by atoms with Crippen LogP contribution in [-0.4, -0.2) is 4.57 Å². The summed E-state index contributed by atoms with van der Waals surface area (Å²) < 4.78 is 2.42. The third kappa shape index (κ3) is 6.41. The molecule has 11 rings (SSSR count). The largest absolute Gasteiger partial charge is 0.308 e. The lowest BCUT2D eigenvalue weighted by Gasteiger charge is -2.29. The molecule has 0 N–H and O–H groups in total. The SMILES string of the molecule is c1ccc(-c2ccc(-c3cccc(N(c4ccc(-c5cccc(-c6ccc7ccccc7c6)c5)cc4)c4ccccc4-n4c5ccccc5c5ccccc54)c3)cc2)cc1. The molecule has 1 heterocycles. The van der Waals surface area contributed by atoms with Crippen LogP contribution in [0.15, 0.2) is 243 Å². The molecular weight excluding hydrogens is 725 g/mol. The molecular formula is C58H40N2. The number of para-hydroxylation sites is 4. The number of hydrogen-bond acceptors (Lipinski definition) is 1. The second-order valence-corrected chi connectivity index (χ2v) is 15.4. The Hall–Kier alpha value is -7.94. The summed E-state index contributed by atoms with van der Waals surface area (Å²) in [6, 6.07) is 87.9. The van der Waals surface area contributed by atoms with Crippen molar-refractivity contribution in [2.75, 3.05) is 4.90 Å². The lowest BCUT2D eigenvalue weighted by atomic mass is 9.97. The molecule has 0 amide bonds. The van der Waals surface area contributed by atoms with E-state index >= 15 is 0 Å². The van der Waals surface area contributed by atoms with Gasteiger partial charge < -0.3 is 9.47 Å². The molecule has 0 aliphatic carbocycles. The minimum Gasteiger partial charge on any atom is -0.308 e. The van der Waals surface area contributed by atoms with Gasteiger partial charge in [0, 0.05) is 22.1 Å². The summed E-state index contributed by atoms with van der Waals surface area (Å²) in [7, 11) is 0. The van der Waals surface area contributed by atoms with Crippen LogP contribution >= 0.6 is 0 Å². The van der Waals surface area contributed by atoms with Gasteiger partial charge >= 0.3 is 0 Å². The number of benzene rings is 10. The van der Waals surface area contributed by atoms with Crippen LogP contribution in [-0.2, 0) is 0 Å². The maximum Gasteiger partial charge on any atom is 0.0702 e. The second-order valence-electron chi connectivity index (χ2n) is 15.4. The molecule has 0 radical (unpaired) electrons. The van der Waals surface area contributed by atoms with E-state index in [1.165, 1.54) is 71.5 Å². The first kappa shape index (κ1) is 35.2. The molecule has 282 valence electrons. The normalized spacial score (nSPS) is 11.3. The van der Waals surface area contributed by atoms with Gasteiger partial charge in [0.1, 0.15) is 0 Å². The van der Waals surface area contributed by atoms with E-state index in [2.05, 4.69) is 252 Å². The first-order chi connectivity index (χ1) is 29.7.